The minimum Gasteiger partial charge on any atom is -0.508 e. The summed E-state index contributed by atoms with van der Waals surface area (Å²) in [5.41, 5.74) is 1.72. The SMILES string of the molecule is COc1cccc2c1C(OC)CN(CCCN1CCN(c3ccc(O)cc3)CC1)S2(=O)=O. The molecule has 0 aromatic heterocycles. The lowest BCUT2D eigenvalue weighted by Gasteiger charge is -2.37. The Morgan fingerprint density at radius 2 is 1.72 bits per heavy atom. The summed E-state index contributed by atoms with van der Waals surface area (Å²) >= 11 is 0. The first-order valence-electron chi connectivity index (χ1n) is 10.9. The largest absolute Gasteiger partial charge is 0.508 e. The number of rotatable bonds is 7. The van der Waals surface area contributed by atoms with Crippen LogP contribution in [0.5, 0.6) is 11.5 Å². The first kappa shape index (κ1) is 22.8. The van der Waals surface area contributed by atoms with E-state index in [-0.39, 0.29) is 16.7 Å². The number of hydrogen-bond donors (Lipinski definition) is 1. The number of hydrogen-bond acceptors (Lipinski definition) is 7. The molecule has 32 heavy (non-hydrogen) atoms. The summed E-state index contributed by atoms with van der Waals surface area (Å²) in [7, 11) is -0.437. The van der Waals surface area contributed by atoms with E-state index < -0.39 is 10.0 Å². The molecule has 0 radical (unpaired) electrons. The molecule has 0 bridgehead atoms. The first-order valence-corrected chi connectivity index (χ1v) is 12.3. The lowest BCUT2D eigenvalue weighted by molar-refractivity contribution is 0.0746. The number of ether oxygens (including phenoxy) is 2. The van der Waals surface area contributed by atoms with Crippen LogP contribution in [0.3, 0.4) is 0 Å². The normalized spacial score (nSPS) is 21.3. The fraction of sp³-hybridized carbons (Fsp3) is 0.478. The Morgan fingerprint density at radius 3 is 2.38 bits per heavy atom. The van der Waals surface area contributed by atoms with Gasteiger partial charge in [0.25, 0.3) is 0 Å². The highest BCUT2D eigenvalue weighted by Crippen LogP contribution is 2.39. The maximum Gasteiger partial charge on any atom is 0.243 e. The van der Waals surface area contributed by atoms with Gasteiger partial charge in [-0.05, 0) is 49.4 Å². The quantitative estimate of drug-likeness (QED) is 0.678. The summed E-state index contributed by atoms with van der Waals surface area (Å²) in [6.45, 7) is 5.26. The van der Waals surface area contributed by atoms with Crippen molar-refractivity contribution in [1.82, 2.24) is 9.21 Å². The van der Waals surface area contributed by atoms with Crippen molar-refractivity contribution in [3.05, 3.63) is 48.0 Å². The van der Waals surface area contributed by atoms with Gasteiger partial charge in [-0.3, -0.25) is 4.90 Å². The Balaban J connectivity index is 1.34. The van der Waals surface area contributed by atoms with Crippen molar-refractivity contribution in [3.8, 4) is 11.5 Å². The number of fused-ring (bicyclic) bond motifs is 1. The number of anilines is 1. The molecule has 0 aliphatic carbocycles. The number of sulfonamides is 1. The maximum absolute atomic E-state index is 13.2. The van der Waals surface area contributed by atoms with Crippen LogP contribution in [0.1, 0.15) is 18.1 Å². The molecule has 2 aromatic rings. The van der Waals surface area contributed by atoms with Crippen LogP contribution in [0.4, 0.5) is 5.69 Å². The summed E-state index contributed by atoms with van der Waals surface area (Å²) in [6, 6.07) is 12.4. The fourth-order valence-electron chi connectivity index (χ4n) is 4.53. The van der Waals surface area contributed by atoms with Crippen molar-refractivity contribution >= 4 is 15.7 Å². The molecule has 2 aromatic carbocycles. The van der Waals surface area contributed by atoms with Gasteiger partial charge in [0.05, 0.1) is 12.0 Å². The van der Waals surface area contributed by atoms with E-state index in [0.717, 1.165) is 44.8 Å². The molecular weight excluding hydrogens is 430 g/mol. The van der Waals surface area contributed by atoms with Crippen LogP contribution < -0.4 is 9.64 Å². The van der Waals surface area contributed by atoms with Crippen LogP contribution in [-0.4, -0.2) is 82.8 Å². The Bertz CT molecular complexity index is 1020. The van der Waals surface area contributed by atoms with Gasteiger partial charge in [0, 0.05) is 57.6 Å². The van der Waals surface area contributed by atoms with Gasteiger partial charge in [-0.1, -0.05) is 6.07 Å². The third-order valence-corrected chi connectivity index (χ3v) is 8.23. The zero-order valence-corrected chi connectivity index (χ0v) is 19.4. The molecule has 8 nitrogen and oxygen atoms in total. The maximum atomic E-state index is 13.2. The molecule has 0 saturated carbocycles. The van der Waals surface area contributed by atoms with Gasteiger partial charge >= 0.3 is 0 Å². The van der Waals surface area contributed by atoms with Crippen LogP contribution in [0.2, 0.25) is 0 Å². The molecule has 2 heterocycles. The Morgan fingerprint density at radius 1 is 1.00 bits per heavy atom. The van der Waals surface area contributed by atoms with Crippen molar-refractivity contribution in [1.29, 1.82) is 0 Å². The van der Waals surface area contributed by atoms with E-state index in [1.165, 1.54) is 4.31 Å². The van der Waals surface area contributed by atoms with Crippen LogP contribution in [0.15, 0.2) is 47.4 Å². The lowest BCUT2D eigenvalue weighted by atomic mass is 10.1. The summed E-state index contributed by atoms with van der Waals surface area (Å²) in [4.78, 5) is 4.95. The number of aromatic hydroxyl groups is 1. The lowest BCUT2D eigenvalue weighted by Crippen LogP contribution is -2.47. The molecule has 9 heteroatoms. The van der Waals surface area contributed by atoms with Crippen LogP contribution >= 0.6 is 0 Å². The average molecular weight is 462 g/mol. The number of phenols is 1. The molecule has 2 aliphatic rings. The van der Waals surface area contributed by atoms with E-state index in [4.69, 9.17) is 9.47 Å². The second-order valence-corrected chi connectivity index (χ2v) is 10.1. The van der Waals surface area contributed by atoms with Gasteiger partial charge in [0.1, 0.15) is 17.6 Å². The molecule has 2 aliphatic heterocycles. The van der Waals surface area contributed by atoms with Crippen LogP contribution in [0, 0.1) is 0 Å². The summed E-state index contributed by atoms with van der Waals surface area (Å²) < 4.78 is 39.0. The standard InChI is InChI=1S/C23H31N3O5S/c1-30-20-5-3-6-22-23(20)21(31-2)17-26(32(22,28)29)12-4-11-24-13-15-25(16-14-24)18-7-9-19(27)10-8-18/h3,5-10,21,27H,4,11-17H2,1-2H3. The zero-order valence-electron chi connectivity index (χ0n) is 18.6. The third-order valence-electron chi connectivity index (χ3n) is 6.31. The van der Waals surface area contributed by atoms with E-state index in [2.05, 4.69) is 9.80 Å². The second-order valence-electron chi connectivity index (χ2n) is 8.16. The molecule has 1 unspecified atom stereocenters. The van der Waals surface area contributed by atoms with Crippen LogP contribution in [-0.2, 0) is 14.8 Å². The van der Waals surface area contributed by atoms with E-state index in [9.17, 15) is 13.5 Å². The monoisotopic (exact) mass is 461 g/mol. The minimum atomic E-state index is -3.58. The van der Waals surface area contributed by atoms with Gasteiger partial charge in [-0.15, -0.1) is 0 Å². The number of phenolic OH excluding ortho intramolecular Hbond substituents is 1. The predicted molar refractivity (Wildman–Crippen MR) is 123 cm³/mol. The molecule has 1 atom stereocenters. The van der Waals surface area contributed by atoms with E-state index in [1.54, 1.807) is 44.6 Å². The topological polar surface area (TPSA) is 82.6 Å². The number of piperazine rings is 1. The third kappa shape index (κ3) is 4.56. The van der Waals surface area contributed by atoms with Gasteiger partial charge in [0.15, 0.2) is 0 Å². The number of nitrogens with zero attached hydrogens (tertiary/aromatic N) is 3. The molecule has 0 amide bonds. The van der Waals surface area contributed by atoms with E-state index in [1.807, 2.05) is 12.1 Å². The number of benzene rings is 2. The molecule has 4 rings (SSSR count). The Kier molecular flexibility index (Phi) is 6.90. The van der Waals surface area contributed by atoms with Crippen molar-refractivity contribution in [2.45, 2.75) is 17.4 Å². The smallest absolute Gasteiger partial charge is 0.243 e. The van der Waals surface area contributed by atoms with Crippen molar-refractivity contribution < 1.29 is 23.0 Å². The van der Waals surface area contributed by atoms with E-state index in [0.29, 0.717) is 24.4 Å². The summed E-state index contributed by atoms with van der Waals surface area (Å²) in [5, 5.41) is 9.46. The Labute approximate surface area is 190 Å². The van der Waals surface area contributed by atoms with Crippen LogP contribution in [0.25, 0.3) is 0 Å². The number of methoxy groups -OCH3 is 2. The summed E-state index contributed by atoms with van der Waals surface area (Å²) in [5.74, 6) is 0.820. The molecule has 1 saturated heterocycles. The highest BCUT2D eigenvalue weighted by atomic mass is 32.2. The average Bonchev–Trinajstić information content (AvgIpc) is 2.81. The van der Waals surface area contributed by atoms with Gasteiger partial charge in [0.2, 0.25) is 10.0 Å². The Hall–Kier alpha value is -2.33. The second kappa shape index (κ2) is 9.66. The van der Waals surface area contributed by atoms with Crippen molar-refractivity contribution in [3.63, 3.8) is 0 Å². The molecular formula is C23H31N3O5S. The first-order chi connectivity index (χ1) is 15.4. The molecule has 174 valence electrons. The molecule has 0 spiro atoms. The van der Waals surface area contributed by atoms with Gasteiger partial charge in [-0.25, -0.2) is 8.42 Å². The van der Waals surface area contributed by atoms with Gasteiger partial charge in [-0.2, -0.15) is 4.31 Å². The highest BCUT2D eigenvalue weighted by Gasteiger charge is 2.38. The molecule has 1 N–H and O–H groups in total. The molecule has 1 fully saturated rings. The van der Waals surface area contributed by atoms with Gasteiger partial charge < -0.3 is 19.5 Å². The fourth-order valence-corrected chi connectivity index (χ4v) is 6.27. The van der Waals surface area contributed by atoms with Crippen molar-refractivity contribution in [2.75, 3.05) is 64.9 Å². The van der Waals surface area contributed by atoms with Crippen molar-refractivity contribution in [2.24, 2.45) is 0 Å². The predicted octanol–water partition coefficient (Wildman–Crippen LogP) is 2.30. The minimum absolute atomic E-state index is 0.275. The summed E-state index contributed by atoms with van der Waals surface area (Å²) in [6.07, 6.45) is 0.410. The zero-order chi connectivity index (χ0) is 22.7. The van der Waals surface area contributed by atoms with E-state index >= 15 is 0 Å². The highest BCUT2D eigenvalue weighted by molar-refractivity contribution is 7.89.